The van der Waals surface area contributed by atoms with E-state index in [9.17, 15) is 14.0 Å². The highest BCUT2D eigenvalue weighted by Gasteiger charge is 2.35. The van der Waals surface area contributed by atoms with Gasteiger partial charge in [-0.1, -0.05) is 25.0 Å². The van der Waals surface area contributed by atoms with Crippen molar-refractivity contribution in [2.75, 3.05) is 6.54 Å². The molecule has 1 fully saturated rings. The number of carbonyl (C=O) groups excluding carboxylic acids is 2. The first-order valence-corrected chi connectivity index (χ1v) is 8.90. The van der Waals surface area contributed by atoms with Crippen molar-refractivity contribution in [1.82, 2.24) is 10.6 Å². The van der Waals surface area contributed by atoms with E-state index in [0.29, 0.717) is 12.1 Å². The Labute approximate surface area is 154 Å². The number of hydrogen-bond donors (Lipinski definition) is 2. The second kappa shape index (κ2) is 8.34. The minimum atomic E-state index is -0.566. The average Bonchev–Trinajstić information content (AvgIpc) is 2.98. The van der Waals surface area contributed by atoms with Gasteiger partial charge in [0.2, 0.25) is 5.91 Å². The summed E-state index contributed by atoms with van der Waals surface area (Å²) in [6, 6.07) is 6.03. The molecule has 142 valence electrons. The quantitative estimate of drug-likeness (QED) is 0.783. The number of alkyl carbamates (subject to hydrolysis) is 1. The number of amides is 2. The first kappa shape index (κ1) is 19.9. The van der Waals surface area contributed by atoms with Crippen molar-refractivity contribution in [1.29, 1.82) is 0 Å². The number of ether oxygens (including phenoxy) is 1. The smallest absolute Gasteiger partial charge is 0.407 e. The topological polar surface area (TPSA) is 67.4 Å². The van der Waals surface area contributed by atoms with Crippen LogP contribution in [0.3, 0.4) is 0 Å². The number of rotatable bonds is 5. The van der Waals surface area contributed by atoms with Gasteiger partial charge in [-0.15, -0.1) is 0 Å². The Bertz CT molecular complexity index is 674. The summed E-state index contributed by atoms with van der Waals surface area (Å²) in [5.41, 5.74) is -0.420. The second-order valence-corrected chi connectivity index (χ2v) is 7.72. The zero-order valence-electron chi connectivity index (χ0n) is 15.6. The predicted molar refractivity (Wildman–Crippen MR) is 99.0 cm³/mol. The van der Waals surface area contributed by atoms with E-state index in [0.717, 1.165) is 25.7 Å². The summed E-state index contributed by atoms with van der Waals surface area (Å²) in [6.45, 7) is 5.73. The Morgan fingerprint density at radius 2 is 1.96 bits per heavy atom. The molecular weight excluding hydrogens is 335 g/mol. The molecule has 26 heavy (non-hydrogen) atoms. The van der Waals surface area contributed by atoms with E-state index in [1.165, 1.54) is 18.2 Å². The highest BCUT2D eigenvalue weighted by Crippen LogP contribution is 2.29. The summed E-state index contributed by atoms with van der Waals surface area (Å²) in [7, 11) is 0. The van der Waals surface area contributed by atoms with E-state index in [4.69, 9.17) is 4.74 Å². The van der Waals surface area contributed by atoms with Gasteiger partial charge >= 0.3 is 6.09 Å². The lowest BCUT2D eigenvalue weighted by atomic mass is 9.97. The SMILES string of the molecule is CC(C)(C)OC(=O)NCC1(NC(=O)C=Cc2cccc(F)c2)CCCC1. The molecule has 0 spiro atoms. The van der Waals surface area contributed by atoms with E-state index in [1.807, 2.05) is 0 Å². The van der Waals surface area contributed by atoms with Crippen LogP contribution in [0.1, 0.15) is 52.0 Å². The Kier molecular flexibility index (Phi) is 6.40. The molecule has 2 N–H and O–H groups in total. The van der Waals surface area contributed by atoms with Crippen molar-refractivity contribution in [3.05, 3.63) is 41.7 Å². The average molecular weight is 362 g/mol. The second-order valence-electron chi connectivity index (χ2n) is 7.72. The lowest BCUT2D eigenvalue weighted by Gasteiger charge is -2.30. The van der Waals surface area contributed by atoms with Crippen molar-refractivity contribution >= 4 is 18.1 Å². The summed E-state index contributed by atoms with van der Waals surface area (Å²) in [5, 5.41) is 5.76. The fourth-order valence-corrected chi connectivity index (χ4v) is 3.04. The normalized spacial score (nSPS) is 16.5. The zero-order chi connectivity index (χ0) is 19.2. The lowest BCUT2D eigenvalue weighted by Crippen LogP contribution is -2.54. The standard InChI is InChI=1S/C20H27FN2O3/c1-19(2,3)26-18(25)22-14-20(11-4-5-12-20)23-17(24)10-9-15-7-6-8-16(21)13-15/h6-10,13H,4-5,11-12,14H2,1-3H3,(H,22,25)(H,23,24). The van der Waals surface area contributed by atoms with Crippen molar-refractivity contribution in [3.8, 4) is 0 Å². The summed E-state index contributed by atoms with van der Waals surface area (Å²) in [4.78, 5) is 24.2. The molecule has 2 amide bonds. The van der Waals surface area contributed by atoms with Crippen LogP contribution >= 0.6 is 0 Å². The first-order valence-electron chi connectivity index (χ1n) is 8.90. The third-order valence-corrected chi connectivity index (χ3v) is 4.19. The van der Waals surface area contributed by atoms with Crippen LogP contribution in [-0.4, -0.2) is 29.7 Å². The van der Waals surface area contributed by atoms with Gasteiger partial charge in [-0.2, -0.15) is 0 Å². The van der Waals surface area contributed by atoms with E-state index in [1.54, 1.807) is 39.0 Å². The van der Waals surface area contributed by atoms with Gasteiger partial charge < -0.3 is 15.4 Å². The van der Waals surface area contributed by atoms with Crippen LogP contribution in [0.5, 0.6) is 0 Å². The van der Waals surface area contributed by atoms with Crippen LogP contribution in [0.2, 0.25) is 0 Å². The van der Waals surface area contributed by atoms with E-state index < -0.39 is 17.2 Å². The fraction of sp³-hybridized carbons (Fsp3) is 0.500. The van der Waals surface area contributed by atoms with Gasteiger partial charge in [-0.25, -0.2) is 9.18 Å². The molecule has 0 aliphatic heterocycles. The predicted octanol–water partition coefficient (Wildman–Crippen LogP) is 3.79. The summed E-state index contributed by atoms with van der Waals surface area (Å²) >= 11 is 0. The number of benzene rings is 1. The summed E-state index contributed by atoms with van der Waals surface area (Å²) in [6.07, 6.45) is 6.04. The van der Waals surface area contributed by atoms with Gasteiger partial charge in [0, 0.05) is 12.6 Å². The van der Waals surface area contributed by atoms with Crippen molar-refractivity contribution in [3.63, 3.8) is 0 Å². The molecule has 0 atom stereocenters. The largest absolute Gasteiger partial charge is 0.444 e. The van der Waals surface area contributed by atoms with Crippen LogP contribution in [0.15, 0.2) is 30.3 Å². The molecule has 1 aromatic carbocycles. The first-order chi connectivity index (χ1) is 12.2. The third-order valence-electron chi connectivity index (χ3n) is 4.19. The zero-order valence-corrected chi connectivity index (χ0v) is 15.6. The van der Waals surface area contributed by atoms with Gasteiger partial charge in [0.05, 0.1) is 5.54 Å². The van der Waals surface area contributed by atoms with Crippen molar-refractivity contribution in [2.45, 2.75) is 57.6 Å². The summed E-state index contributed by atoms with van der Waals surface area (Å²) < 4.78 is 18.4. The maximum Gasteiger partial charge on any atom is 0.407 e. The Hall–Kier alpha value is -2.37. The molecule has 0 saturated heterocycles. The minimum Gasteiger partial charge on any atom is -0.444 e. The molecular formula is C20H27FN2O3. The van der Waals surface area contributed by atoms with E-state index >= 15 is 0 Å². The van der Waals surface area contributed by atoms with E-state index in [2.05, 4.69) is 10.6 Å². The fourth-order valence-electron chi connectivity index (χ4n) is 3.04. The molecule has 0 aromatic heterocycles. The van der Waals surface area contributed by atoms with Crippen LogP contribution in [0.25, 0.3) is 6.08 Å². The Balaban J connectivity index is 1.94. The van der Waals surface area contributed by atoms with E-state index in [-0.39, 0.29) is 11.7 Å². The Morgan fingerprint density at radius 3 is 2.58 bits per heavy atom. The van der Waals surface area contributed by atoms with Gasteiger partial charge in [0.1, 0.15) is 11.4 Å². The highest BCUT2D eigenvalue weighted by atomic mass is 19.1. The van der Waals surface area contributed by atoms with Crippen LogP contribution in [0, 0.1) is 5.82 Å². The highest BCUT2D eigenvalue weighted by molar-refractivity contribution is 5.92. The van der Waals surface area contributed by atoms with Crippen molar-refractivity contribution < 1.29 is 18.7 Å². The molecule has 0 bridgehead atoms. The molecule has 0 unspecified atom stereocenters. The van der Waals surface area contributed by atoms with Gasteiger partial charge in [-0.3, -0.25) is 4.79 Å². The van der Waals surface area contributed by atoms with Crippen LogP contribution in [0.4, 0.5) is 9.18 Å². The third kappa shape index (κ3) is 6.50. The molecule has 5 nitrogen and oxygen atoms in total. The molecule has 1 aliphatic carbocycles. The minimum absolute atomic E-state index is 0.262. The van der Waals surface area contributed by atoms with Gasteiger partial charge in [-0.05, 0) is 57.4 Å². The molecule has 1 aromatic rings. The maximum absolute atomic E-state index is 13.2. The molecule has 1 saturated carbocycles. The lowest BCUT2D eigenvalue weighted by molar-refractivity contribution is -0.118. The number of carbonyl (C=O) groups is 2. The summed E-state index contributed by atoms with van der Waals surface area (Å²) in [5.74, 6) is -0.608. The molecule has 6 heteroatoms. The van der Waals surface area contributed by atoms with Gasteiger partial charge in [0.25, 0.3) is 0 Å². The van der Waals surface area contributed by atoms with Gasteiger partial charge in [0.15, 0.2) is 0 Å². The molecule has 2 rings (SSSR count). The number of halogens is 1. The Morgan fingerprint density at radius 1 is 1.27 bits per heavy atom. The monoisotopic (exact) mass is 362 g/mol. The molecule has 0 radical (unpaired) electrons. The van der Waals surface area contributed by atoms with Crippen molar-refractivity contribution in [2.24, 2.45) is 0 Å². The van der Waals surface area contributed by atoms with Crippen LogP contribution < -0.4 is 10.6 Å². The molecule has 0 heterocycles. The molecule has 1 aliphatic rings. The maximum atomic E-state index is 13.2. The number of hydrogen-bond acceptors (Lipinski definition) is 3. The number of nitrogens with one attached hydrogen (secondary N) is 2. The van der Waals surface area contributed by atoms with Crippen LogP contribution in [-0.2, 0) is 9.53 Å².